The molecule has 1 aromatic carbocycles. The predicted molar refractivity (Wildman–Crippen MR) is 162 cm³/mol. The van der Waals surface area contributed by atoms with Crippen molar-refractivity contribution in [1.82, 2.24) is 20.1 Å². The molecular formula is C27H31Cl2N5O5S2. The van der Waals surface area contributed by atoms with Crippen LogP contribution in [0.2, 0.25) is 10.0 Å². The van der Waals surface area contributed by atoms with E-state index in [4.69, 9.17) is 27.9 Å². The Labute approximate surface area is 256 Å². The van der Waals surface area contributed by atoms with E-state index in [0.29, 0.717) is 33.0 Å². The molecule has 0 fully saturated rings. The first kappa shape index (κ1) is 32.6. The number of thioether (sulfide) groups is 1. The zero-order valence-corrected chi connectivity index (χ0v) is 26.6. The van der Waals surface area contributed by atoms with Gasteiger partial charge >= 0.3 is 5.97 Å². The SMILES string of the molecule is CCOC(=O)c1c(NC(=O)CSc2nnc([C@@H](NC(=O)c3ccc(Cl)cc3Cl)C(C)C)n2CC)sc(C(C)=O)c1C. The normalized spacial score (nSPS) is 11.8. The largest absolute Gasteiger partial charge is 0.462 e. The topological polar surface area (TPSA) is 132 Å². The van der Waals surface area contributed by atoms with Gasteiger partial charge in [0.05, 0.1) is 39.4 Å². The van der Waals surface area contributed by atoms with Gasteiger partial charge in [0.1, 0.15) is 5.00 Å². The first-order valence-electron chi connectivity index (χ1n) is 12.8. The Morgan fingerprint density at radius 1 is 1.15 bits per heavy atom. The van der Waals surface area contributed by atoms with Crippen molar-refractivity contribution in [1.29, 1.82) is 0 Å². The molecule has 0 radical (unpaired) electrons. The number of thiophene rings is 1. The molecule has 41 heavy (non-hydrogen) atoms. The number of carbonyl (C=O) groups is 4. The highest BCUT2D eigenvalue weighted by atomic mass is 35.5. The fourth-order valence-electron chi connectivity index (χ4n) is 4.04. The molecule has 0 aliphatic carbocycles. The van der Waals surface area contributed by atoms with Gasteiger partial charge in [0, 0.05) is 11.6 Å². The third kappa shape index (κ3) is 7.68. The molecule has 220 valence electrons. The van der Waals surface area contributed by atoms with E-state index in [1.54, 1.807) is 26.0 Å². The van der Waals surface area contributed by atoms with Gasteiger partial charge in [-0.15, -0.1) is 21.5 Å². The molecule has 0 bridgehead atoms. The molecule has 0 spiro atoms. The number of rotatable bonds is 12. The van der Waals surface area contributed by atoms with Crippen molar-refractivity contribution in [3.63, 3.8) is 0 Å². The van der Waals surface area contributed by atoms with Crippen LogP contribution in [0, 0.1) is 12.8 Å². The lowest BCUT2D eigenvalue weighted by atomic mass is 10.0. The van der Waals surface area contributed by atoms with Gasteiger partial charge in [-0.05, 0) is 57.4 Å². The molecule has 1 atom stereocenters. The van der Waals surface area contributed by atoms with Crippen LogP contribution in [0.15, 0.2) is 23.4 Å². The van der Waals surface area contributed by atoms with E-state index >= 15 is 0 Å². The number of benzene rings is 1. The maximum atomic E-state index is 13.0. The molecule has 0 aliphatic heterocycles. The Balaban J connectivity index is 1.78. The van der Waals surface area contributed by atoms with Gasteiger partial charge < -0.3 is 19.9 Å². The van der Waals surface area contributed by atoms with Crippen molar-refractivity contribution in [3.05, 3.63) is 55.6 Å². The summed E-state index contributed by atoms with van der Waals surface area (Å²) >= 11 is 14.4. The summed E-state index contributed by atoms with van der Waals surface area (Å²) in [6.45, 7) is 11.2. The maximum absolute atomic E-state index is 13.0. The van der Waals surface area contributed by atoms with Gasteiger partial charge in [-0.2, -0.15) is 0 Å². The molecule has 0 saturated heterocycles. The van der Waals surface area contributed by atoms with Crippen molar-refractivity contribution < 1.29 is 23.9 Å². The number of nitrogens with zero attached hydrogens (tertiary/aromatic N) is 3. The van der Waals surface area contributed by atoms with Gasteiger partial charge in [-0.1, -0.05) is 48.8 Å². The van der Waals surface area contributed by atoms with Crippen molar-refractivity contribution >= 4 is 74.9 Å². The molecular weight excluding hydrogens is 609 g/mol. The second kappa shape index (κ2) is 14.3. The summed E-state index contributed by atoms with van der Waals surface area (Å²) in [6.07, 6.45) is 0. The third-order valence-electron chi connectivity index (χ3n) is 6.00. The summed E-state index contributed by atoms with van der Waals surface area (Å²) in [4.78, 5) is 50.9. The van der Waals surface area contributed by atoms with E-state index in [-0.39, 0.29) is 51.1 Å². The predicted octanol–water partition coefficient (Wildman–Crippen LogP) is 6.21. The Hall–Kier alpha value is -2.93. The lowest BCUT2D eigenvalue weighted by molar-refractivity contribution is -0.113. The standard InChI is InChI=1S/C27H31Cl2N5O5S2/c1-7-34-23(21(13(3)4)31-24(37)17-10-9-16(28)11-18(17)29)32-33-27(34)40-12-19(36)30-25-20(26(38)39-8-2)14(5)22(41-25)15(6)35/h9-11,13,21H,7-8,12H2,1-6H3,(H,30,36)(H,31,37)/t21-/m0/s1. The Kier molecular flexibility index (Phi) is 11.4. The lowest BCUT2D eigenvalue weighted by Crippen LogP contribution is -2.34. The van der Waals surface area contributed by atoms with Gasteiger partial charge in [0.25, 0.3) is 5.91 Å². The first-order chi connectivity index (χ1) is 19.4. The maximum Gasteiger partial charge on any atom is 0.341 e. The van der Waals surface area contributed by atoms with Gasteiger partial charge in [0.2, 0.25) is 5.91 Å². The van der Waals surface area contributed by atoms with E-state index < -0.39 is 17.9 Å². The number of amides is 2. The van der Waals surface area contributed by atoms with Gasteiger partial charge in [-0.25, -0.2) is 4.79 Å². The van der Waals surface area contributed by atoms with Crippen LogP contribution in [-0.4, -0.2) is 50.7 Å². The average Bonchev–Trinajstić information content (AvgIpc) is 3.45. The van der Waals surface area contributed by atoms with Crippen LogP contribution in [0.3, 0.4) is 0 Å². The number of aromatic nitrogens is 3. The molecule has 0 unspecified atom stereocenters. The van der Waals surface area contributed by atoms with E-state index in [9.17, 15) is 19.2 Å². The number of carbonyl (C=O) groups excluding carboxylic acids is 4. The van der Waals surface area contributed by atoms with E-state index in [2.05, 4.69) is 20.8 Å². The van der Waals surface area contributed by atoms with Crippen LogP contribution in [0.4, 0.5) is 5.00 Å². The van der Waals surface area contributed by atoms with Crippen LogP contribution in [0.25, 0.3) is 0 Å². The van der Waals surface area contributed by atoms with Gasteiger partial charge in [-0.3, -0.25) is 14.4 Å². The Morgan fingerprint density at radius 2 is 1.85 bits per heavy atom. The molecule has 3 rings (SSSR count). The van der Waals surface area contributed by atoms with Crippen molar-refractivity contribution in [2.24, 2.45) is 5.92 Å². The van der Waals surface area contributed by atoms with Gasteiger partial charge in [0.15, 0.2) is 16.8 Å². The molecule has 2 heterocycles. The van der Waals surface area contributed by atoms with Crippen molar-refractivity contribution in [2.45, 2.75) is 59.3 Å². The Bertz CT molecular complexity index is 1470. The summed E-state index contributed by atoms with van der Waals surface area (Å²) in [6, 6.07) is 4.17. The van der Waals surface area contributed by atoms with E-state index in [1.165, 1.54) is 13.0 Å². The lowest BCUT2D eigenvalue weighted by Gasteiger charge is -2.22. The number of nitrogens with one attached hydrogen (secondary N) is 2. The van der Waals surface area contributed by atoms with Crippen molar-refractivity contribution in [3.8, 4) is 0 Å². The van der Waals surface area contributed by atoms with Crippen LogP contribution >= 0.6 is 46.3 Å². The highest BCUT2D eigenvalue weighted by Crippen LogP contribution is 2.34. The minimum Gasteiger partial charge on any atom is -0.462 e. The van der Waals surface area contributed by atoms with Crippen LogP contribution in [0.5, 0.6) is 0 Å². The molecule has 2 amide bonds. The molecule has 2 aromatic heterocycles. The molecule has 0 aliphatic rings. The number of Topliss-reactive ketones (excluding diaryl/α,β-unsaturated/α-hetero) is 1. The zero-order valence-electron chi connectivity index (χ0n) is 23.5. The summed E-state index contributed by atoms with van der Waals surface area (Å²) < 4.78 is 6.96. The second-order valence-electron chi connectivity index (χ2n) is 9.28. The van der Waals surface area contributed by atoms with E-state index in [0.717, 1.165) is 23.1 Å². The molecule has 3 aromatic rings. The van der Waals surface area contributed by atoms with Crippen LogP contribution in [0.1, 0.15) is 82.4 Å². The number of ether oxygens (including phenoxy) is 1. The number of esters is 1. The fourth-order valence-corrected chi connectivity index (χ4v) is 6.45. The highest BCUT2D eigenvalue weighted by molar-refractivity contribution is 7.99. The quantitative estimate of drug-likeness (QED) is 0.136. The minimum atomic E-state index is -0.603. The average molecular weight is 641 g/mol. The Morgan fingerprint density at radius 3 is 2.44 bits per heavy atom. The number of anilines is 1. The molecule has 2 N–H and O–H groups in total. The molecule has 10 nitrogen and oxygen atoms in total. The smallest absolute Gasteiger partial charge is 0.341 e. The number of ketones is 1. The summed E-state index contributed by atoms with van der Waals surface area (Å²) in [5, 5.41) is 15.8. The molecule has 0 saturated carbocycles. The number of hydrogen-bond donors (Lipinski definition) is 2. The van der Waals surface area contributed by atoms with E-state index in [1.807, 2.05) is 25.3 Å². The second-order valence-corrected chi connectivity index (χ2v) is 12.1. The summed E-state index contributed by atoms with van der Waals surface area (Å²) in [5.74, 6) is -1.12. The fraction of sp³-hybridized carbons (Fsp3) is 0.407. The highest BCUT2D eigenvalue weighted by Gasteiger charge is 2.28. The van der Waals surface area contributed by atoms with Crippen LogP contribution < -0.4 is 10.6 Å². The zero-order chi connectivity index (χ0) is 30.4. The monoisotopic (exact) mass is 639 g/mol. The first-order valence-corrected chi connectivity index (χ1v) is 15.4. The summed E-state index contributed by atoms with van der Waals surface area (Å²) in [5.41, 5.74) is 0.936. The summed E-state index contributed by atoms with van der Waals surface area (Å²) in [7, 11) is 0. The van der Waals surface area contributed by atoms with Crippen LogP contribution in [-0.2, 0) is 16.1 Å². The molecule has 14 heteroatoms. The van der Waals surface area contributed by atoms with Crippen molar-refractivity contribution in [2.75, 3.05) is 17.7 Å². The third-order valence-corrected chi connectivity index (χ3v) is 8.82. The number of halogens is 2. The minimum absolute atomic E-state index is 0.0359. The number of hydrogen-bond acceptors (Lipinski definition) is 9.